The number of rotatable bonds is 10. The number of thioether (sulfide) groups is 1. The molecule has 0 atom stereocenters. The number of aromatic nitrogens is 2. The highest BCUT2D eigenvalue weighted by molar-refractivity contribution is 7.99. The number of nitrogens with one attached hydrogen (secondary N) is 1. The van der Waals surface area contributed by atoms with E-state index in [1.54, 1.807) is 31.4 Å². The molecule has 0 aliphatic heterocycles. The van der Waals surface area contributed by atoms with Gasteiger partial charge in [0, 0.05) is 12.1 Å². The molecule has 32 heavy (non-hydrogen) atoms. The molecule has 2 aromatic carbocycles. The smallest absolute Gasteiger partial charge is 0.337 e. The Morgan fingerprint density at radius 3 is 2.53 bits per heavy atom. The van der Waals surface area contributed by atoms with Gasteiger partial charge in [0.15, 0.2) is 0 Å². The maximum atomic E-state index is 12.1. The molecule has 0 unspecified atom stereocenters. The molecule has 0 radical (unpaired) electrons. The Balaban J connectivity index is 1.41. The zero-order valence-corrected chi connectivity index (χ0v) is 19.0. The maximum Gasteiger partial charge on any atom is 0.337 e. The first-order valence-electron chi connectivity index (χ1n) is 10.1. The topological polar surface area (TPSA) is 104 Å². The molecule has 0 aliphatic carbocycles. The average Bonchev–Trinajstić information content (AvgIpc) is 3.25. The number of nitrogens with zero attached hydrogens (tertiary/aromatic N) is 2. The second kappa shape index (κ2) is 11.3. The number of aryl methyl sites for hydroxylation is 3. The van der Waals surface area contributed by atoms with E-state index >= 15 is 0 Å². The van der Waals surface area contributed by atoms with E-state index in [0.717, 1.165) is 24.2 Å². The summed E-state index contributed by atoms with van der Waals surface area (Å²) in [6.45, 7) is 2.03. The summed E-state index contributed by atoms with van der Waals surface area (Å²) in [5.41, 5.74) is 3.34. The van der Waals surface area contributed by atoms with Crippen LogP contribution >= 0.6 is 11.8 Å². The van der Waals surface area contributed by atoms with Crippen LogP contribution in [0.25, 0.3) is 0 Å². The van der Waals surface area contributed by atoms with Gasteiger partial charge in [-0.3, -0.25) is 4.79 Å². The van der Waals surface area contributed by atoms with Crippen LogP contribution < -0.4 is 10.1 Å². The van der Waals surface area contributed by atoms with Gasteiger partial charge in [0.1, 0.15) is 5.75 Å². The van der Waals surface area contributed by atoms with Crippen molar-refractivity contribution in [1.29, 1.82) is 0 Å². The molecule has 0 aliphatic rings. The van der Waals surface area contributed by atoms with E-state index in [1.165, 1.54) is 24.4 Å². The van der Waals surface area contributed by atoms with E-state index in [9.17, 15) is 9.59 Å². The molecule has 1 N–H and O–H groups in total. The molecule has 168 valence electrons. The van der Waals surface area contributed by atoms with Crippen LogP contribution in [0.2, 0.25) is 0 Å². The molecule has 0 spiro atoms. The fraction of sp³-hybridized carbons (Fsp3) is 0.304. The maximum absolute atomic E-state index is 12.1. The monoisotopic (exact) mass is 455 g/mol. The number of amides is 1. The molecule has 1 amide bonds. The van der Waals surface area contributed by atoms with Gasteiger partial charge >= 0.3 is 5.97 Å². The third-order valence-corrected chi connectivity index (χ3v) is 5.50. The van der Waals surface area contributed by atoms with Crippen molar-refractivity contribution >= 4 is 29.3 Å². The van der Waals surface area contributed by atoms with E-state index < -0.39 is 5.97 Å². The second-order valence-electron chi connectivity index (χ2n) is 7.03. The number of carbonyl (C=O) groups is 2. The molecule has 9 heteroatoms. The van der Waals surface area contributed by atoms with Crippen molar-refractivity contribution in [1.82, 2.24) is 10.2 Å². The Labute approximate surface area is 190 Å². The predicted octanol–water partition coefficient (Wildman–Crippen LogP) is 4.08. The normalized spacial score (nSPS) is 10.6. The first kappa shape index (κ1) is 23.3. The number of carbonyl (C=O) groups excluding carboxylic acids is 2. The molecule has 3 aromatic rings. The number of hydrogen-bond acceptors (Lipinski definition) is 8. The van der Waals surface area contributed by atoms with Gasteiger partial charge < -0.3 is 19.2 Å². The molecule has 0 saturated heterocycles. The van der Waals surface area contributed by atoms with E-state index in [0.29, 0.717) is 28.8 Å². The van der Waals surface area contributed by atoms with Crippen molar-refractivity contribution in [2.24, 2.45) is 0 Å². The number of esters is 1. The molecule has 1 aromatic heterocycles. The van der Waals surface area contributed by atoms with Crippen molar-refractivity contribution in [2.45, 2.75) is 31.4 Å². The summed E-state index contributed by atoms with van der Waals surface area (Å²) in [6, 6.07) is 12.6. The summed E-state index contributed by atoms with van der Waals surface area (Å²) in [5.74, 6) is 0.928. The summed E-state index contributed by atoms with van der Waals surface area (Å²) < 4.78 is 15.6. The fourth-order valence-electron chi connectivity index (χ4n) is 3.07. The summed E-state index contributed by atoms with van der Waals surface area (Å²) in [7, 11) is 2.99. The van der Waals surface area contributed by atoms with Gasteiger partial charge in [0.2, 0.25) is 11.8 Å². The van der Waals surface area contributed by atoms with Gasteiger partial charge in [-0.15, -0.1) is 10.2 Å². The van der Waals surface area contributed by atoms with Crippen LogP contribution in [0.5, 0.6) is 5.75 Å². The quantitative estimate of drug-likeness (QED) is 0.360. The highest BCUT2D eigenvalue weighted by atomic mass is 32.2. The Hall–Kier alpha value is -3.33. The van der Waals surface area contributed by atoms with Gasteiger partial charge in [-0.25, -0.2) is 4.79 Å². The molecule has 0 saturated carbocycles. The number of benzene rings is 2. The summed E-state index contributed by atoms with van der Waals surface area (Å²) in [5, 5.41) is 11.2. The number of ether oxygens (including phenoxy) is 2. The molecule has 0 fully saturated rings. The molecule has 8 nitrogen and oxygen atoms in total. The summed E-state index contributed by atoms with van der Waals surface area (Å²) >= 11 is 1.18. The van der Waals surface area contributed by atoms with E-state index in [4.69, 9.17) is 9.15 Å². The van der Waals surface area contributed by atoms with Gasteiger partial charge in [-0.1, -0.05) is 23.9 Å². The third-order valence-electron chi connectivity index (χ3n) is 4.68. The van der Waals surface area contributed by atoms with Crippen LogP contribution in [0.3, 0.4) is 0 Å². The van der Waals surface area contributed by atoms with Crippen molar-refractivity contribution in [3.05, 3.63) is 65.0 Å². The lowest BCUT2D eigenvalue weighted by Gasteiger charge is -2.06. The first-order valence-corrected chi connectivity index (χ1v) is 11.0. The average molecular weight is 456 g/mol. The molecule has 3 rings (SSSR count). The van der Waals surface area contributed by atoms with Crippen molar-refractivity contribution in [2.75, 3.05) is 25.3 Å². The molecule has 0 bridgehead atoms. The molecular weight excluding hydrogens is 430 g/mol. The zero-order chi connectivity index (χ0) is 22.9. The third kappa shape index (κ3) is 6.58. The Bertz CT molecular complexity index is 1070. The Morgan fingerprint density at radius 2 is 1.84 bits per heavy atom. The van der Waals surface area contributed by atoms with Crippen LogP contribution in [-0.4, -0.2) is 42.0 Å². The van der Waals surface area contributed by atoms with Crippen LogP contribution in [-0.2, 0) is 22.4 Å². The number of methoxy groups -OCH3 is 2. The standard InChI is InChI=1S/C23H25N3O5S/c1-15-13-16(7-12-19(15)29-2)5-4-6-21-25-26-23(31-21)32-14-20(27)24-18-10-8-17(9-11-18)22(28)30-3/h7-13H,4-6,14H2,1-3H3,(H,24,27). The zero-order valence-electron chi connectivity index (χ0n) is 18.2. The van der Waals surface area contributed by atoms with Crippen LogP contribution in [0.15, 0.2) is 52.1 Å². The van der Waals surface area contributed by atoms with E-state index in [1.807, 2.05) is 13.0 Å². The minimum Gasteiger partial charge on any atom is -0.496 e. The predicted molar refractivity (Wildman–Crippen MR) is 121 cm³/mol. The second-order valence-corrected chi connectivity index (χ2v) is 7.95. The minimum atomic E-state index is -0.426. The molecular formula is C23H25N3O5S. The lowest BCUT2D eigenvalue weighted by molar-refractivity contribution is -0.113. The van der Waals surface area contributed by atoms with Gasteiger partial charge in [0.25, 0.3) is 5.22 Å². The fourth-order valence-corrected chi connectivity index (χ4v) is 3.65. The van der Waals surface area contributed by atoms with Gasteiger partial charge in [0.05, 0.1) is 25.5 Å². The van der Waals surface area contributed by atoms with E-state index in [2.05, 4.69) is 32.4 Å². The highest BCUT2D eigenvalue weighted by Crippen LogP contribution is 2.21. The first-order chi connectivity index (χ1) is 15.5. The minimum absolute atomic E-state index is 0.130. The lowest BCUT2D eigenvalue weighted by Crippen LogP contribution is -2.14. The number of anilines is 1. The molecule has 1 heterocycles. The van der Waals surface area contributed by atoms with Crippen molar-refractivity contribution in [3.63, 3.8) is 0 Å². The van der Waals surface area contributed by atoms with Crippen molar-refractivity contribution in [3.8, 4) is 5.75 Å². The lowest BCUT2D eigenvalue weighted by atomic mass is 10.1. The summed E-state index contributed by atoms with van der Waals surface area (Å²) in [6.07, 6.45) is 2.43. The number of hydrogen-bond donors (Lipinski definition) is 1. The highest BCUT2D eigenvalue weighted by Gasteiger charge is 2.11. The van der Waals surface area contributed by atoms with Gasteiger partial charge in [-0.2, -0.15) is 0 Å². The van der Waals surface area contributed by atoms with E-state index in [-0.39, 0.29) is 11.7 Å². The van der Waals surface area contributed by atoms with Crippen LogP contribution in [0.1, 0.15) is 33.8 Å². The Morgan fingerprint density at radius 1 is 1.06 bits per heavy atom. The van der Waals surface area contributed by atoms with Crippen LogP contribution in [0, 0.1) is 6.92 Å². The van der Waals surface area contributed by atoms with Crippen molar-refractivity contribution < 1.29 is 23.5 Å². The van der Waals surface area contributed by atoms with Gasteiger partial charge in [-0.05, 0) is 61.2 Å². The largest absolute Gasteiger partial charge is 0.496 e. The Kier molecular flexibility index (Phi) is 8.27. The van der Waals surface area contributed by atoms with Crippen LogP contribution in [0.4, 0.5) is 5.69 Å². The summed E-state index contributed by atoms with van der Waals surface area (Å²) in [4.78, 5) is 23.6. The SMILES string of the molecule is COC(=O)c1ccc(NC(=O)CSc2nnc(CCCc3ccc(OC)c(C)c3)o2)cc1.